The van der Waals surface area contributed by atoms with Crippen molar-refractivity contribution in [2.75, 3.05) is 0 Å². The third-order valence-corrected chi connectivity index (χ3v) is 7.07. The molecule has 0 spiro atoms. The summed E-state index contributed by atoms with van der Waals surface area (Å²) in [7, 11) is 2.27. The molecule has 0 saturated heterocycles. The molecule has 0 aliphatic heterocycles. The molecule has 6 nitrogen and oxygen atoms in total. The maximum Gasteiger partial charge on any atom is 0.287 e. The fraction of sp³-hybridized carbons (Fsp3) is 0. The molecule has 0 radical (unpaired) electrons. The van der Waals surface area contributed by atoms with Gasteiger partial charge >= 0.3 is 0 Å². The summed E-state index contributed by atoms with van der Waals surface area (Å²) >= 11 is 27.9. The van der Waals surface area contributed by atoms with Gasteiger partial charge in [0.15, 0.2) is 10.1 Å². The van der Waals surface area contributed by atoms with E-state index in [1.165, 1.54) is 0 Å². The van der Waals surface area contributed by atoms with Crippen LogP contribution in [0.5, 0.6) is 0 Å². The highest BCUT2D eigenvalue weighted by atomic mass is 33.1. The zero-order valence-corrected chi connectivity index (χ0v) is 17.9. The molecule has 2 rings (SSSR count). The number of rotatable bonds is 5. The standard InChI is InChI=1S/C10H6N4O2S8/c15-13(21)5-7(19)3(17)1-11-9(5)23-24-10-6(14(16)22)8(20)4(18)2-12-10/h1-2,17-18H,(H,11,19)(H,12,20). The lowest BCUT2D eigenvalue weighted by atomic mass is 10.4. The third-order valence-electron chi connectivity index (χ3n) is 2.58. The van der Waals surface area contributed by atoms with E-state index in [9.17, 15) is 9.81 Å². The smallest absolute Gasteiger partial charge is 0.287 e. The Bertz CT molecular complexity index is 875. The van der Waals surface area contributed by atoms with E-state index in [4.69, 9.17) is 24.4 Å². The second kappa shape index (κ2) is 8.44. The Morgan fingerprint density at radius 3 is 1.50 bits per heavy atom. The van der Waals surface area contributed by atoms with Gasteiger partial charge in [0, 0.05) is 32.0 Å². The molecular formula is C10H6N4O2S8. The molecule has 2 aromatic rings. The summed E-state index contributed by atoms with van der Waals surface area (Å²) in [4.78, 5) is 29.8. The van der Waals surface area contributed by atoms with E-state index in [2.05, 4.69) is 60.9 Å². The van der Waals surface area contributed by atoms with Gasteiger partial charge in [-0.05, 0) is 21.6 Å². The maximum atomic E-state index is 11.6. The van der Waals surface area contributed by atoms with Crippen LogP contribution in [0.3, 0.4) is 0 Å². The summed E-state index contributed by atoms with van der Waals surface area (Å²) in [6, 6.07) is 0. The molecule has 24 heavy (non-hydrogen) atoms. The largest absolute Gasteiger partial charge is 0.364 e. The molecule has 14 heteroatoms. The number of aromatic nitrogens is 2. The molecule has 0 aromatic carbocycles. The Kier molecular flexibility index (Phi) is 7.07. The molecule has 0 saturated carbocycles. The Labute approximate surface area is 176 Å². The van der Waals surface area contributed by atoms with Crippen LogP contribution in [-0.4, -0.2) is 18.3 Å². The molecule has 2 aromatic heterocycles. The number of hydrogen-bond acceptors (Lipinski definition) is 10. The van der Waals surface area contributed by atoms with Gasteiger partial charge in [0.25, 0.3) is 11.4 Å². The number of aromatic amines is 2. The Balaban J connectivity index is 2.44. The second-order valence-corrected chi connectivity index (χ2v) is 8.64. The molecule has 0 fully saturated rings. The van der Waals surface area contributed by atoms with Gasteiger partial charge in [-0.2, -0.15) is 0 Å². The van der Waals surface area contributed by atoms with Gasteiger partial charge in [-0.3, -0.25) is 0 Å². The molecule has 2 heterocycles. The third kappa shape index (κ3) is 4.30. The Morgan fingerprint density at radius 2 is 1.21 bits per heavy atom. The molecule has 0 amide bonds. The molecule has 0 bridgehead atoms. The zero-order valence-electron chi connectivity index (χ0n) is 11.2. The van der Waals surface area contributed by atoms with Crippen molar-refractivity contribution in [1.82, 2.24) is 9.97 Å². The Morgan fingerprint density at radius 1 is 0.875 bits per heavy atom. The van der Waals surface area contributed by atoms with E-state index in [0.29, 0.717) is 19.8 Å². The van der Waals surface area contributed by atoms with Crippen molar-refractivity contribution < 1.29 is 8.33 Å². The number of nitrogens with one attached hydrogen (secondary N) is 2. The van der Waals surface area contributed by atoms with Gasteiger partial charge in [0.2, 0.25) is 0 Å². The van der Waals surface area contributed by atoms with Crippen LogP contribution < -0.4 is 0 Å². The monoisotopic (exact) mass is 470 g/mol. The van der Waals surface area contributed by atoms with E-state index in [1.807, 2.05) is 0 Å². The van der Waals surface area contributed by atoms with E-state index in [-0.39, 0.29) is 28.7 Å². The van der Waals surface area contributed by atoms with Crippen molar-refractivity contribution in [2.45, 2.75) is 19.8 Å². The SMILES string of the molecule is O=[N+]([S-])c1c(SSc2[nH]cc(S)c(=S)c2[N+](=O)[S-])[nH]cc(S)c1=S. The number of pyridine rings is 2. The highest BCUT2D eigenvalue weighted by Crippen LogP contribution is 2.44. The topological polar surface area (TPSA) is 71.7 Å². The average molecular weight is 471 g/mol. The summed E-state index contributed by atoms with van der Waals surface area (Å²) in [5.74, 6) is 0. The van der Waals surface area contributed by atoms with Crippen molar-refractivity contribution >= 4 is 108 Å². The summed E-state index contributed by atoms with van der Waals surface area (Å²) in [6.45, 7) is 0. The first-order chi connectivity index (χ1) is 11.2. The Hall–Kier alpha value is -0.220. The van der Waals surface area contributed by atoms with Crippen LogP contribution in [0.1, 0.15) is 0 Å². The molecule has 126 valence electrons. The van der Waals surface area contributed by atoms with E-state index in [1.54, 1.807) is 12.4 Å². The van der Waals surface area contributed by atoms with E-state index in [0.717, 1.165) is 21.6 Å². The van der Waals surface area contributed by atoms with Gasteiger partial charge in [0.05, 0.1) is 0 Å². The van der Waals surface area contributed by atoms with Crippen LogP contribution in [0.15, 0.2) is 32.2 Å². The molecule has 2 N–H and O–H groups in total. The van der Waals surface area contributed by atoms with Gasteiger partial charge in [0.1, 0.15) is 9.02 Å². The number of nitroso groups, excluding NO2 is 2. The van der Waals surface area contributed by atoms with Gasteiger partial charge in [-0.15, -0.1) is 25.3 Å². The zero-order chi connectivity index (χ0) is 18.0. The fourth-order valence-corrected chi connectivity index (χ4v) is 5.25. The van der Waals surface area contributed by atoms with Gasteiger partial charge in [-0.1, -0.05) is 32.8 Å². The molecular weight excluding hydrogens is 465 g/mol. The van der Waals surface area contributed by atoms with Crippen LogP contribution in [0.4, 0.5) is 11.4 Å². The van der Waals surface area contributed by atoms with Crippen molar-refractivity contribution in [2.24, 2.45) is 0 Å². The van der Waals surface area contributed by atoms with Crippen LogP contribution in [-0.2, 0) is 25.6 Å². The first kappa shape index (κ1) is 20.1. The predicted octanol–water partition coefficient (Wildman–Crippen LogP) is 4.92. The van der Waals surface area contributed by atoms with Gasteiger partial charge in [-0.25, -0.2) is 0 Å². The maximum absolute atomic E-state index is 11.6. The lowest BCUT2D eigenvalue weighted by Crippen LogP contribution is -1.96. The summed E-state index contributed by atoms with van der Waals surface area (Å²) in [5.41, 5.74) is 0.210. The highest BCUT2D eigenvalue weighted by molar-refractivity contribution is 8.76. The van der Waals surface area contributed by atoms with Crippen molar-refractivity contribution in [3.63, 3.8) is 0 Å². The van der Waals surface area contributed by atoms with E-state index >= 15 is 0 Å². The first-order valence-electron chi connectivity index (χ1n) is 5.76. The number of hydrogen-bond donors (Lipinski definition) is 4. The lowest BCUT2D eigenvalue weighted by molar-refractivity contribution is -0.267. The van der Waals surface area contributed by atoms with Crippen molar-refractivity contribution in [1.29, 1.82) is 0 Å². The molecule has 0 unspecified atom stereocenters. The van der Waals surface area contributed by atoms with E-state index < -0.39 is 0 Å². The van der Waals surface area contributed by atoms with Gasteiger partial charge < -0.3 is 35.6 Å². The van der Waals surface area contributed by atoms with Crippen LogP contribution in [0.25, 0.3) is 0 Å². The first-order valence-corrected chi connectivity index (χ1v) is 10.4. The number of H-pyrrole nitrogens is 2. The van der Waals surface area contributed by atoms with Crippen LogP contribution in [0, 0.1) is 18.8 Å². The summed E-state index contributed by atoms with van der Waals surface area (Å²) < 4.78 is 0.957. The molecule has 0 aliphatic carbocycles. The quantitative estimate of drug-likeness (QED) is 0.161. The molecule has 0 aliphatic rings. The predicted molar refractivity (Wildman–Crippen MR) is 111 cm³/mol. The molecule has 0 atom stereocenters. The minimum absolute atomic E-state index is 0.105. The second-order valence-electron chi connectivity index (χ2n) is 4.04. The van der Waals surface area contributed by atoms with Crippen molar-refractivity contribution in [3.8, 4) is 0 Å². The minimum atomic E-state index is 0.105. The lowest BCUT2D eigenvalue weighted by Gasteiger charge is -2.07. The average Bonchev–Trinajstić information content (AvgIpc) is 2.50. The number of nitrogens with zero attached hydrogens (tertiary/aromatic N) is 2. The fourth-order valence-electron chi connectivity index (χ4n) is 1.53. The number of thiol groups is 2. The van der Waals surface area contributed by atoms with Crippen LogP contribution in [0.2, 0.25) is 0 Å². The summed E-state index contributed by atoms with van der Waals surface area (Å²) in [5, 5.41) is 0.824. The summed E-state index contributed by atoms with van der Waals surface area (Å²) in [6.07, 6.45) is 3.09. The van der Waals surface area contributed by atoms with Crippen LogP contribution >= 0.6 is 71.3 Å². The minimum Gasteiger partial charge on any atom is -0.364 e. The van der Waals surface area contributed by atoms with Crippen molar-refractivity contribution in [3.05, 3.63) is 31.2 Å². The normalized spacial score (nSPS) is 10.6. The highest BCUT2D eigenvalue weighted by Gasteiger charge is 2.21.